The Hall–Kier alpha value is -0.860. The van der Waals surface area contributed by atoms with Crippen LogP contribution in [0.3, 0.4) is 0 Å². The van der Waals surface area contributed by atoms with Crippen molar-refractivity contribution in [1.29, 1.82) is 0 Å². The first-order chi connectivity index (χ1) is 6.22. The molecule has 1 N–H and O–H groups in total. The summed E-state index contributed by atoms with van der Waals surface area (Å²) in [5.74, 6) is 1.93. The molecule has 0 radical (unpaired) electrons. The number of carbonyl (C=O) groups excluding carboxylic acids is 1. The Bertz CT molecular complexity index is 381. The van der Waals surface area contributed by atoms with E-state index in [0.29, 0.717) is 10.3 Å². The molecule has 0 bridgehead atoms. The van der Waals surface area contributed by atoms with Crippen molar-refractivity contribution in [1.82, 2.24) is 4.98 Å². The predicted octanol–water partition coefficient (Wildman–Crippen LogP) is 2.14. The maximum Gasteiger partial charge on any atom is 0.301 e. The molecule has 0 aliphatic rings. The lowest BCUT2D eigenvalue weighted by atomic mass is 10.4. The van der Waals surface area contributed by atoms with E-state index in [1.165, 1.54) is 0 Å². The molecule has 0 saturated heterocycles. The summed E-state index contributed by atoms with van der Waals surface area (Å²) >= 11 is 6.02. The molecule has 0 fully saturated rings. The fraction of sp³-hybridized carbons (Fsp3) is 0. The third-order valence-electron chi connectivity index (χ3n) is 1.15. The third-order valence-corrected chi connectivity index (χ3v) is 1.78. The van der Waals surface area contributed by atoms with E-state index < -0.39 is 0 Å². The van der Waals surface area contributed by atoms with Gasteiger partial charge in [0.05, 0.1) is 0 Å². The number of hydrogen-bond acceptors (Lipinski definition) is 2. The van der Waals surface area contributed by atoms with E-state index in [1.54, 1.807) is 18.3 Å². The molecule has 1 aromatic rings. The normalized spacial score (nSPS) is 8.46. The van der Waals surface area contributed by atoms with Crippen LogP contribution in [0.15, 0.2) is 22.9 Å². The molecule has 5 heteroatoms. The van der Waals surface area contributed by atoms with Crippen LogP contribution in [0.2, 0.25) is 0 Å². The van der Waals surface area contributed by atoms with Gasteiger partial charge >= 0.3 is 5.91 Å². The lowest BCUT2D eigenvalue weighted by molar-refractivity contribution is -0.111. The van der Waals surface area contributed by atoms with Crippen molar-refractivity contribution in [2.24, 2.45) is 0 Å². The van der Waals surface area contributed by atoms with Crippen LogP contribution in [0.5, 0.6) is 0 Å². The summed E-state index contributed by atoms with van der Waals surface area (Å²) in [5.41, 5.74) is 0.655. The second kappa shape index (κ2) is 5.00. The third kappa shape index (κ3) is 3.57. The molecule has 1 aromatic heterocycles. The molecular weight excluding hydrogens is 300 g/mol. The monoisotopic (exact) mass is 302 g/mol. The van der Waals surface area contributed by atoms with Crippen molar-refractivity contribution >= 4 is 43.5 Å². The van der Waals surface area contributed by atoms with Gasteiger partial charge in [-0.3, -0.25) is 4.79 Å². The highest BCUT2D eigenvalue weighted by Crippen LogP contribution is 2.11. The molecule has 0 aliphatic heterocycles. The average molecular weight is 304 g/mol. The summed E-state index contributed by atoms with van der Waals surface area (Å²) in [6, 6.07) is 3.37. The highest BCUT2D eigenvalue weighted by Gasteiger charge is 1.97. The number of pyridine rings is 1. The van der Waals surface area contributed by atoms with E-state index in [0.717, 1.165) is 0 Å². The van der Waals surface area contributed by atoms with Crippen LogP contribution in [0.25, 0.3) is 0 Å². The van der Waals surface area contributed by atoms with Gasteiger partial charge in [-0.1, -0.05) is 0 Å². The van der Waals surface area contributed by atoms with E-state index >= 15 is 0 Å². The van der Waals surface area contributed by atoms with Gasteiger partial charge in [0.25, 0.3) is 0 Å². The van der Waals surface area contributed by atoms with Gasteiger partial charge in [0, 0.05) is 33.7 Å². The smallest absolute Gasteiger partial charge is 0.301 e. The number of aromatic nitrogens is 1. The first-order valence-electron chi connectivity index (χ1n) is 3.26. The number of nitrogens with one attached hydrogen (secondary N) is 1. The zero-order valence-corrected chi connectivity index (χ0v) is 9.52. The van der Waals surface area contributed by atoms with E-state index in [1.807, 2.05) is 0 Å². The lowest BCUT2D eigenvalue weighted by Crippen LogP contribution is -2.08. The maximum absolute atomic E-state index is 11.0. The SMILES string of the molecule is O=C(C#CBr)Nc1ccnc(Br)c1. The highest BCUT2D eigenvalue weighted by molar-refractivity contribution is 9.12. The topological polar surface area (TPSA) is 42.0 Å². The van der Waals surface area contributed by atoms with Gasteiger partial charge in [0.15, 0.2) is 0 Å². The van der Waals surface area contributed by atoms with Crippen molar-refractivity contribution in [2.45, 2.75) is 0 Å². The van der Waals surface area contributed by atoms with Crippen LogP contribution in [-0.2, 0) is 4.79 Å². The van der Waals surface area contributed by atoms with Crippen molar-refractivity contribution in [3.8, 4) is 10.8 Å². The first-order valence-corrected chi connectivity index (χ1v) is 4.85. The van der Waals surface area contributed by atoms with Crippen molar-refractivity contribution in [2.75, 3.05) is 5.32 Å². The van der Waals surface area contributed by atoms with E-state index in [2.05, 4.69) is 52.9 Å². The molecule has 3 nitrogen and oxygen atoms in total. The van der Waals surface area contributed by atoms with E-state index in [-0.39, 0.29) is 5.91 Å². The molecule has 0 aliphatic carbocycles. The minimum atomic E-state index is -0.366. The first kappa shape index (κ1) is 10.2. The quantitative estimate of drug-likeness (QED) is 0.638. The number of carbonyl (C=O) groups is 1. The fourth-order valence-electron chi connectivity index (χ4n) is 0.685. The Morgan fingerprint density at radius 3 is 3.00 bits per heavy atom. The van der Waals surface area contributed by atoms with Gasteiger partial charge in [-0.25, -0.2) is 4.98 Å². The lowest BCUT2D eigenvalue weighted by Gasteiger charge is -1.99. The molecule has 1 amide bonds. The summed E-state index contributed by atoms with van der Waals surface area (Å²) in [7, 11) is 0. The van der Waals surface area contributed by atoms with Crippen molar-refractivity contribution in [3.05, 3.63) is 22.9 Å². The summed E-state index contributed by atoms with van der Waals surface area (Å²) in [6.45, 7) is 0. The van der Waals surface area contributed by atoms with Crippen LogP contribution < -0.4 is 5.32 Å². The van der Waals surface area contributed by atoms with Gasteiger partial charge in [0.1, 0.15) is 4.60 Å². The Morgan fingerprint density at radius 1 is 1.62 bits per heavy atom. The van der Waals surface area contributed by atoms with Crippen LogP contribution in [-0.4, -0.2) is 10.9 Å². The van der Waals surface area contributed by atoms with Crippen LogP contribution in [0.1, 0.15) is 0 Å². The van der Waals surface area contributed by atoms with Gasteiger partial charge in [-0.2, -0.15) is 0 Å². The second-order valence-corrected chi connectivity index (χ2v) is 3.25. The Labute approximate surface area is 92.2 Å². The number of hydrogen-bond donors (Lipinski definition) is 1. The van der Waals surface area contributed by atoms with E-state index in [9.17, 15) is 4.79 Å². The Balaban J connectivity index is 2.73. The number of nitrogens with zero attached hydrogens (tertiary/aromatic N) is 1. The zero-order chi connectivity index (χ0) is 9.68. The largest absolute Gasteiger partial charge is 0.315 e. The van der Waals surface area contributed by atoms with Crippen LogP contribution >= 0.6 is 31.9 Å². The van der Waals surface area contributed by atoms with Gasteiger partial charge in [0.2, 0.25) is 0 Å². The van der Waals surface area contributed by atoms with Crippen LogP contribution in [0.4, 0.5) is 5.69 Å². The average Bonchev–Trinajstić information content (AvgIpc) is 2.04. The van der Waals surface area contributed by atoms with Gasteiger partial charge < -0.3 is 5.32 Å². The number of anilines is 1. The molecule has 1 heterocycles. The minimum absolute atomic E-state index is 0.366. The summed E-state index contributed by atoms with van der Waals surface area (Å²) < 4.78 is 0.664. The summed E-state index contributed by atoms with van der Waals surface area (Å²) in [6.07, 6.45) is 1.58. The molecule has 0 spiro atoms. The highest BCUT2D eigenvalue weighted by atomic mass is 79.9. The molecule has 66 valence electrons. The van der Waals surface area contributed by atoms with Gasteiger partial charge in [-0.15, -0.1) is 0 Å². The predicted molar refractivity (Wildman–Crippen MR) is 57.3 cm³/mol. The number of rotatable bonds is 1. The zero-order valence-electron chi connectivity index (χ0n) is 6.34. The molecule has 0 aromatic carbocycles. The number of halogens is 2. The maximum atomic E-state index is 11.0. The molecule has 13 heavy (non-hydrogen) atoms. The number of amides is 1. The summed E-state index contributed by atoms with van der Waals surface area (Å²) in [4.78, 5) is 17.2. The second-order valence-electron chi connectivity index (χ2n) is 2.04. The van der Waals surface area contributed by atoms with Gasteiger partial charge in [-0.05, 0) is 32.9 Å². The Morgan fingerprint density at radius 2 is 2.38 bits per heavy atom. The standard InChI is InChI=1S/C8H4Br2N2O/c9-3-1-8(13)12-6-2-4-11-7(10)5-6/h2,4-5H,(H,11,12,13). The molecule has 0 saturated carbocycles. The fourth-order valence-corrected chi connectivity index (χ4v) is 1.23. The van der Waals surface area contributed by atoms with Crippen molar-refractivity contribution < 1.29 is 4.79 Å². The molecule has 1 rings (SSSR count). The molecular formula is C8H4Br2N2O. The van der Waals surface area contributed by atoms with Crippen molar-refractivity contribution in [3.63, 3.8) is 0 Å². The molecule has 0 unspecified atom stereocenters. The minimum Gasteiger partial charge on any atom is -0.315 e. The van der Waals surface area contributed by atoms with Crippen LogP contribution in [0, 0.1) is 10.8 Å². The summed E-state index contributed by atoms with van der Waals surface area (Å²) in [5, 5.41) is 2.57. The Kier molecular flexibility index (Phi) is 3.93. The van der Waals surface area contributed by atoms with E-state index in [4.69, 9.17) is 0 Å². The molecule has 0 atom stereocenters.